The van der Waals surface area contributed by atoms with Gasteiger partial charge in [-0.15, -0.1) is 0 Å². The highest BCUT2D eigenvalue weighted by molar-refractivity contribution is 7.89. The molecule has 0 aliphatic carbocycles. The zero-order valence-corrected chi connectivity index (χ0v) is 17.7. The first-order valence-electron chi connectivity index (χ1n) is 9.65. The number of benzene rings is 2. The number of sulfonamides is 1. The topological polar surface area (TPSA) is 102 Å². The molecule has 2 aromatic carbocycles. The summed E-state index contributed by atoms with van der Waals surface area (Å²) < 4.78 is 29.6. The Balaban J connectivity index is 1.48. The van der Waals surface area contributed by atoms with Gasteiger partial charge in [0.25, 0.3) is 5.69 Å². The SMILES string of the molecule is Cc1ccc([N+](=O)[O-])cc1S(=O)(=O)N1CCN(Cc2nc3ccccc3n2C)CC1. The third-order valence-corrected chi connectivity index (χ3v) is 7.62. The number of nitro groups is 1. The summed E-state index contributed by atoms with van der Waals surface area (Å²) in [7, 11) is -1.81. The number of piperazine rings is 1. The van der Waals surface area contributed by atoms with Gasteiger partial charge in [0.1, 0.15) is 5.82 Å². The molecule has 9 nitrogen and oxygen atoms in total. The first-order valence-corrected chi connectivity index (χ1v) is 11.1. The zero-order chi connectivity index (χ0) is 21.5. The van der Waals surface area contributed by atoms with E-state index in [-0.39, 0.29) is 10.6 Å². The van der Waals surface area contributed by atoms with Crippen molar-refractivity contribution in [1.29, 1.82) is 0 Å². The Hall–Kier alpha value is -2.82. The highest BCUT2D eigenvalue weighted by Crippen LogP contribution is 2.26. The average molecular weight is 430 g/mol. The summed E-state index contributed by atoms with van der Waals surface area (Å²) in [6.45, 7) is 4.07. The van der Waals surface area contributed by atoms with Gasteiger partial charge >= 0.3 is 0 Å². The summed E-state index contributed by atoms with van der Waals surface area (Å²) in [6, 6.07) is 11.9. The van der Waals surface area contributed by atoms with Gasteiger partial charge in [0.05, 0.1) is 27.4 Å². The average Bonchev–Trinajstić information content (AvgIpc) is 3.04. The van der Waals surface area contributed by atoms with E-state index in [0.29, 0.717) is 38.3 Å². The quantitative estimate of drug-likeness (QED) is 0.456. The molecule has 30 heavy (non-hydrogen) atoms. The van der Waals surface area contributed by atoms with Crippen molar-refractivity contribution in [3.05, 3.63) is 64.0 Å². The van der Waals surface area contributed by atoms with Gasteiger partial charge in [0.15, 0.2) is 0 Å². The maximum atomic E-state index is 13.1. The van der Waals surface area contributed by atoms with E-state index in [1.165, 1.54) is 16.4 Å². The molecule has 0 radical (unpaired) electrons. The fraction of sp³-hybridized carbons (Fsp3) is 0.350. The fourth-order valence-electron chi connectivity index (χ4n) is 3.78. The molecular formula is C20H23N5O4S. The lowest BCUT2D eigenvalue weighted by atomic mass is 10.2. The minimum absolute atomic E-state index is 0.000464. The number of aromatic nitrogens is 2. The molecule has 1 saturated heterocycles. The molecule has 4 rings (SSSR count). The molecule has 0 unspecified atom stereocenters. The van der Waals surface area contributed by atoms with Crippen LogP contribution in [0.4, 0.5) is 5.69 Å². The van der Waals surface area contributed by atoms with Crippen molar-refractivity contribution >= 4 is 26.7 Å². The van der Waals surface area contributed by atoms with Crippen LogP contribution in [0.3, 0.4) is 0 Å². The monoisotopic (exact) mass is 429 g/mol. The first kappa shape index (κ1) is 20.5. The number of non-ortho nitro benzene ring substituents is 1. The summed E-state index contributed by atoms with van der Waals surface area (Å²) >= 11 is 0. The Morgan fingerprint density at radius 3 is 2.47 bits per heavy atom. The van der Waals surface area contributed by atoms with Crippen molar-refractivity contribution in [2.24, 2.45) is 7.05 Å². The maximum absolute atomic E-state index is 13.1. The zero-order valence-electron chi connectivity index (χ0n) is 16.9. The lowest BCUT2D eigenvalue weighted by Crippen LogP contribution is -2.48. The Morgan fingerprint density at radius 1 is 1.10 bits per heavy atom. The number of hydrogen-bond donors (Lipinski definition) is 0. The summed E-state index contributed by atoms with van der Waals surface area (Å²) in [5, 5.41) is 11.1. The third kappa shape index (κ3) is 3.69. The Kier molecular flexibility index (Phi) is 5.31. The second kappa shape index (κ2) is 7.78. The molecule has 158 valence electrons. The van der Waals surface area contributed by atoms with Crippen molar-refractivity contribution in [2.75, 3.05) is 26.2 Å². The van der Waals surface area contributed by atoms with Crippen molar-refractivity contribution < 1.29 is 13.3 Å². The van der Waals surface area contributed by atoms with Gasteiger partial charge in [-0.2, -0.15) is 4.31 Å². The molecule has 2 heterocycles. The van der Waals surface area contributed by atoms with Crippen LogP contribution in [0.5, 0.6) is 0 Å². The standard InChI is InChI=1S/C20H23N5O4S/c1-15-7-8-16(25(26)27)13-19(15)30(28,29)24-11-9-23(10-12-24)14-20-21-17-5-3-4-6-18(17)22(20)2/h3-8,13H,9-12,14H2,1-2H3. The number of fused-ring (bicyclic) bond motifs is 1. The van der Waals surface area contributed by atoms with Crippen molar-refractivity contribution in [3.63, 3.8) is 0 Å². The third-order valence-electron chi connectivity index (χ3n) is 5.58. The lowest BCUT2D eigenvalue weighted by Gasteiger charge is -2.33. The van der Waals surface area contributed by atoms with Crippen LogP contribution < -0.4 is 0 Å². The molecule has 0 saturated carbocycles. The molecule has 1 fully saturated rings. The second-order valence-corrected chi connectivity index (χ2v) is 9.37. The maximum Gasteiger partial charge on any atom is 0.270 e. The van der Waals surface area contributed by atoms with Gasteiger partial charge in [-0.1, -0.05) is 18.2 Å². The summed E-state index contributed by atoms with van der Waals surface area (Å²) in [5.74, 6) is 0.932. The predicted octanol–water partition coefficient (Wildman–Crippen LogP) is 2.30. The van der Waals surface area contributed by atoms with E-state index in [4.69, 9.17) is 0 Å². The van der Waals surface area contributed by atoms with Crippen LogP contribution in [0.2, 0.25) is 0 Å². The van der Waals surface area contributed by atoms with E-state index < -0.39 is 14.9 Å². The van der Waals surface area contributed by atoms with Gasteiger partial charge in [-0.05, 0) is 24.6 Å². The Morgan fingerprint density at radius 2 is 1.80 bits per heavy atom. The molecule has 0 bridgehead atoms. The normalized spacial score (nSPS) is 16.2. The van der Waals surface area contributed by atoms with E-state index in [2.05, 4.69) is 14.5 Å². The largest absolute Gasteiger partial charge is 0.330 e. The minimum Gasteiger partial charge on any atom is -0.330 e. The molecule has 1 aliphatic rings. The predicted molar refractivity (Wildman–Crippen MR) is 113 cm³/mol. The highest BCUT2D eigenvalue weighted by Gasteiger charge is 2.31. The van der Waals surface area contributed by atoms with Crippen LogP contribution in [0.25, 0.3) is 11.0 Å². The molecule has 3 aromatic rings. The molecular weight excluding hydrogens is 406 g/mol. The van der Waals surface area contributed by atoms with E-state index in [1.807, 2.05) is 31.3 Å². The molecule has 1 aromatic heterocycles. The van der Waals surface area contributed by atoms with Crippen molar-refractivity contribution in [3.8, 4) is 0 Å². The number of nitrogens with zero attached hydrogens (tertiary/aromatic N) is 5. The van der Waals surface area contributed by atoms with E-state index >= 15 is 0 Å². The first-order chi connectivity index (χ1) is 14.3. The highest BCUT2D eigenvalue weighted by atomic mass is 32.2. The Labute approximate surface area is 174 Å². The minimum atomic E-state index is -3.79. The van der Waals surface area contributed by atoms with Crippen LogP contribution in [0.15, 0.2) is 47.4 Å². The summed E-state index contributed by atoms with van der Waals surface area (Å²) in [6.07, 6.45) is 0. The fourth-order valence-corrected chi connectivity index (χ4v) is 5.45. The lowest BCUT2D eigenvalue weighted by molar-refractivity contribution is -0.385. The molecule has 0 spiro atoms. The van der Waals surface area contributed by atoms with Gasteiger partial charge in [0.2, 0.25) is 10.0 Å². The number of hydrogen-bond acceptors (Lipinski definition) is 6. The van der Waals surface area contributed by atoms with Crippen LogP contribution in [-0.4, -0.2) is 58.3 Å². The number of imidazole rings is 1. The van der Waals surface area contributed by atoms with E-state index in [0.717, 1.165) is 22.9 Å². The van der Waals surface area contributed by atoms with Crippen molar-refractivity contribution in [1.82, 2.24) is 18.8 Å². The van der Waals surface area contributed by atoms with Gasteiger partial charge in [-0.3, -0.25) is 15.0 Å². The van der Waals surface area contributed by atoms with Crippen molar-refractivity contribution in [2.45, 2.75) is 18.4 Å². The van der Waals surface area contributed by atoms with Gasteiger partial charge < -0.3 is 4.57 Å². The number of nitro benzene ring substituents is 1. The number of rotatable bonds is 5. The van der Waals surface area contributed by atoms with Gasteiger partial charge in [-0.25, -0.2) is 13.4 Å². The second-order valence-electron chi connectivity index (χ2n) is 7.46. The van der Waals surface area contributed by atoms with Crippen LogP contribution >= 0.6 is 0 Å². The number of aryl methyl sites for hydroxylation is 2. The molecule has 1 aliphatic heterocycles. The number of para-hydroxylation sites is 2. The Bertz CT molecular complexity index is 1210. The smallest absolute Gasteiger partial charge is 0.270 e. The van der Waals surface area contributed by atoms with Gasteiger partial charge in [0, 0.05) is 45.4 Å². The summed E-state index contributed by atoms with van der Waals surface area (Å²) in [4.78, 5) is 17.3. The van der Waals surface area contributed by atoms with Crippen LogP contribution in [-0.2, 0) is 23.6 Å². The molecule has 0 N–H and O–H groups in total. The molecule has 0 amide bonds. The van der Waals surface area contributed by atoms with E-state index in [9.17, 15) is 18.5 Å². The van der Waals surface area contributed by atoms with Crippen LogP contribution in [0, 0.1) is 17.0 Å². The van der Waals surface area contributed by atoms with Crippen LogP contribution in [0.1, 0.15) is 11.4 Å². The molecule has 0 atom stereocenters. The van der Waals surface area contributed by atoms with E-state index in [1.54, 1.807) is 6.92 Å². The molecule has 10 heteroatoms. The summed E-state index contributed by atoms with van der Waals surface area (Å²) in [5.41, 5.74) is 2.29.